The van der Waals surface area contributed by atoms with Crippen molar-refractivity contribution in [3.63, 3.8) is 0 Å². The van der Waals surface area contributed by atoms with Crippen molar-refractivity contribution in [1.29, 1.82) is 5.26 Å². The third-order valence-corrected chi connectivity index (χ3v) is 4.02. The van der Waals surface area contributed by atoms with Gasteiger partial charge in [0.1, 0.15) is 5.60 Å². The van der Waals surface area contributed by atoms with Crippen LogP contribution >= 0.6 is 0 Å². The van der Waals surface area contributed by atoms with E-state index in [4.69, 9.17) is 4.74 Å². The Morgan fingerprint density at radius 2 is 2.21 bits per heavy atom. The minimum Gasteiger partial charge on any atom is -0.444 e. The minimum atomic E-state index is -0.531. The fraction of sp³-hybridized carbons (Fsp3) is 0.706. The van der Waals surface area contributed by atoms with Gasteiger partial charge in [-0.3, -0.25) is 4.68 Å². The molecule has 0 bridgehead atoms. The standard InChI is InChI=1S/C17H27N5O2/c1-6-14-13(9-21(5)20-14)8-19-15-11-22(10-12(15)7-18)16(23)24-17(2,3)4/h9,12,15,19H,6,8,10-11H2,1-5H3/t12-,15+/m1/s1. The van der Waals surface area contributed by atoms with Gasteiger partial charge < -0.3 is 15.0 Å². The van der Waals surface area contributed by atoms with Crippen LogP contribution in [0.15, 0.2) is 6.20 Å². The van der Waals surface area contributed by atoms with Crippen LogP contribution in [0.25, 0.3) is 0 Å². The Kier molecular flexibility index (Phi) is 5.50. The van der Waals surface area contributed by atoms with Crippen LogP contribution in [-0.4, -0.2) is 45.5 Å². The predicted molar refractivity (Wildman–Crippen MR) is 90.1 cm³/mol. The first-order valence-electron chi connectivity index (χ1n) is 8.35. The number of nitrogens with zero attached hydrogens (tertiary/aromatic N) is 4. The van der Waals surface area contributed by atoms with Crippen molar-refractivity contribution in [2.75, 3.05) is 13.1 Å². The molecule has 132 valence electrons. The van der Waals surface area contributed by atoms with Crippen molar-refractivity contribution in [2.45, 2.75) is 52.3 Å². The number of aromatic nitrogens is 2. The average molecular weight is 333 g/mol. The molecule has 1 aliphatic heterocycles. The first-order chi connectivity index (χ1) is 11.2. The summed E-state index contributed by atoms with van der Waals surface area (Å²) in [5, 5.41) is 17.2. The van der Waals surface area contributed by atoms with Crippen LogP contribution in [0, 0.1) is 17.2 Å². The summed E-state index contributed by atoms with van der Waals surface area (Å²) in [6.45, 7) is 9.12. The predicted octanol–water partition coefficient (Wildman–Crippen LogP) is 1.83. The molecule has 1 amide bonds. The van der Waals surface area contributed by atoms with Gasteiger partial charge in [-0.25, -0.2) is 4.79 Å². The number of hydrogen-bond donors (Lipinski definition) is 1. The van der Waals surface area contributed by atoms with Crippen molar-refractivity contribution in [3.8, 4) is 6.07 Å². The van der Waals surface area contributed by atoms with Gasteiger partial charge in [-0.05, 0) is 27.2 Å². The van der Waals surface area contributed by atoms with Crippen LogP contribution in [0.1, 0.15) is 39.0 Å². The highest BCUT2D eigenvalue weighted by Crippen LogP contribution is 2.20. The fourth-order valence-electron chi connectivity index (χ4n) is 2.89. The summed E-state index contributed by atoms with van der Waals surface area (Å²) < 4.78 is 7.21. The number of carbonyl (C=O) groups is 1. The Morgan fingerprint density at radius 1 is 1.50 bits per heavy atom. The number of aryl methyl sites for hydroxylation is 2. The molecule has 1 N–H and O–H groups in total. The molecule has 2 atom stereocenters. The molecule has 1 fully saturated rings. The molecule has 1 saturated heterocycles. The Hall–Kier alpha value is -2.07. The Morgan fingerprint density at radius 3 is 2.79 bits per heavy atom. The molecule has 1 aromatic heterocycles. The van der Waals surface area contributed by atoms with E-state index in [0.717, 1.165) is 17.7 Å². The summed E-state index contributed by atoms with van der Waals surface area (Å²) in [5.74, 6) is -0.237. The second-order valence-corrected chi connectivity index (χ2v) is 7.24. The van der Waals surface area contributed by atoms with Crippen molar-refractivity contribution in [2.24, 2.45) is 13.0 Å². The summed E-state index contributed by atoms with van der Waals surface area (Å²) in [5.41, 5.74) is 1.66. The molecule has 0 aromatic carbocycles. The lowest BCUT2D eigenvalue weighted by molar-refractivity contribution is 0.0288. The number of nitriles is 1. The number of hydrogen-bond acceptors (Lipinski definition) is 5. The Labute approximate surface area is 143 Å². The van der Waals surface area contributed by atoms with Gasteiger partial charge in [0.2, 0.25) is 0 Å². The summed E-state index contributed by atoms with van der Waals surface area (Å²) in [4.78, 5) is 13.8. The quantitative estimate of drug-likeness (QED) is 0.909. The summed E-state index contributed by atoms with van der Waals surface area (Å²) >= 11 is 0. The molecule has 7 nitrogen and oxygen atoms in total. The summed E-state index contributed by atoms with van der Waals surface area (Å²) in [6.07, 6.45) is 2.50. The highest BCUT2D eigenvalue weighted by Gasteiger charge is 2.37. The zero-order chi connectivity index (χ0) is 17.9. The number of likely N-dealkylation sites (tertiary alicyclic amines) is 1. The van der Waals surface area contributed by atoms with Gasteiger partial charge in [0.05, 0.1) is 17.7 Å². The summed E-state index contributed by atoms with van der Waals surface area (Å²) in [7, 11) is 1.90. The van der Waals surface area contributed by atoms with E-state index in [1.165, 1.54) is 0 Å². The molecule has 0 unspecified atom stereocenters. The third-order valence-electron chi connectivity index (χ3n) is 4.02. The molecule has 0 saturated carbocycles. The molecule has 2 heterocycles. The van der Waals surface area contributed by atoms with Crippen LogP contribution in [0.3, 0.4) is 0 Å². The normalized spacial score (nSPS) is 20.9. The van der Waals surface area contributed by atoms with Gasteiger partial charge in [-0.1, -0.05) is 6.92 Å². The van der Waals surface area contributed by atoms with Crippen LogP contribution in [-0.2, 0) is 24.8 Å². The van der Waals surface area contributed by atoms with E-state index in [-0.39, 0.29) is 18.1 Å². The lowest BCUT2D eigenvalue weighted by Gasteiger charge is -2.24. The van der Waals surface area contributed by atoms with E-state index in [1.54, 1.807) is 9.58 Å². The van der Waals surface area contributed by atoms with Crippen LogP contribution in [0.2, 0.25) is 0 Å². The monoisotopic (exact) mass is 333 g/mol. The van der Waals surface area contributed by atoms with E-state index in [0.29, 0.717) is 19.6 Å². The average Bonchev–Trinajstić information content (AvgIpc) is 3.06. The van der Waals surface area contributed by atoms with Crippen LogP contribution < -0.4 is 5.32 Å². The van der Waals surface area contributed by atoms with E-state index in [2.05, 4.69) is 23.4 Å². The van der Waals surface area contributed by atoms with E-state index in [9.17, 15) is 10.1 Å². The Bertz CT molecular complexity index is 626. The number of ether oxygens (including phenoxy) is 1. The molecular weight excluding hydrogens is 306 g/mol. The van der Waals surface area contributed by atoms with Crippen LogP contribution in [0.4, 0.5) is 4.79 Å². The number of amides is 1. The maximum atomic E-state index is 12.2. The molecule has 0 aliphatic carbocycles. The number of carbonyl (C=O) groups excluding carboxylic acids is 1. The largest absolute Gasteiger partial charge is 0.444 e. The summed E-state index contributed by atoms with van der Waals surface area (Å²) in [6, 6.07) is 2.24. The first kappa shape index (κ1) is 18.3. The zero-order valence-electron chi connectivity index (χ0n) is 15.2. The smallest absolute Gasteiger partial charge is 0.410 e. The second-order valence-electron chi connectivity index (χ2n) is 7.24. The topological polar surface area (TPSA) is 83.2 Å². The van der Waals surface area contributed by atoms with Crippen molar-refractivity contribution in [1.82, 2.24) is 20.0 Å². The molecule has 24 heavy (non-hydrogen) atoms. The van der Waals surface area contributed by atoms with E-state index >= 15 is 0 Å². The SMILES string of the molecule is CCc1nn(C)cc1CN[C@H]1CN(C(=O)OC(C)(C)C)C[C@H]1C#N. The van der Waals surface area contributed by atoms with Crippen LogP contribution in [0.5, 0.6) is 0 Å². The lowest BCUT2D eigenvalue weighted by Crippen LogP contribution is -2.38. The molecule has 1 aliphatic rings. The third kappa shape index (κ3) is 4.48. The number of nitrogens with one attached hydrogen (secondary N) is 1. The van der Waals surface area contributed by atoms with E-state index in [1.807, 2.05) is 34.0 Å². The maximum absolute atomic E-state index is 12.2. The molecule has 1 aromatic rings. The molecular formula is C17H27N5O2. The van der Waals surface area contributed by atoms with Crippen molar-refractivity contribution in [3.05, 3.63) is 17.5 Å². The number of rotatable bonds is 4. The van der Waals surface area contributed by atoms with Crippen molar-refractivity contribution < 1.29 is 9.53 Å². The fourth-order valence-corrected chi connectivity index (χ4v) is 2.89. The van der Waals surface area contributed by atoms with Gasteiger partial charge in [-0.15, -0.1) is 0 Å². The molecule has 7 heteroatoms. The highest BCUT2D eigenvalue weighted by atomic mass is 16.6. The second kappa shape index (κ2) is 7.22. The first-order valence-corrected chi connectivity index (χ1v) is 8.35. The van der Waals surface area contributed by atoms with E-state index < -0.39 is 5.60 Å². The van der Waals surface area contributed by atoms with Gasteiger partial charge in [0, 0.05) is 44.5 Å². The van der Waals surface area contributed by atoms with Gasteiger partial charge in [0.25, 0.3) is 0 Å². The minimum absolute atomic E-state index is 0.0626. The lowest BCUT2D eigenvalue weighted by atomic mass is 10.1. The molecule has 2 rings (SSSR count). The van der Waals surface area contributed by atoms with Gasteiger partial charge >= 0.3 is 6.09 Å². The highest BCUT2D eigenvalue weighted by molar-refractivity contribution is 5.68. The zero-order valence-corrected chi connectivity index (χ0v) is 15.2. The molecule has 0 radical (unpaired) electrons. The molecule has 0 spiro atoms. The van der Waals surface area contributed by atoms with Crippen molar-refractivity contribution >= 4 is 6.09 Å². The van der Waals surface area contributed by atoms with Gasteiger partial charge in [0.15, 0.2) is 0 Å². The Balaban J connectivity index is 1.97. The van der Waals surface area contributed by atoms with Gasteiger partial charge in [-0.2, -0.15) is 10.4 Å². The maximum Gasteiger partial charge on any atom is 0.410 e.